The number of hydrogen-bond acceptors (Lipinski definition) is 5. The zero-order chi connectivity index (χ0) is 19.5. The van der Waals surface area contributed by atoms with Gasteiger partial charge in [0, 0.05) is 6.54 Å². The smallest absolute Gasteiger partial charge is 0.291 e. The van der Waals surface area contributed by atoms with Gasteiger partial charge in [-0.3, -0.25) is 9.59 Å². The molecule has 0 saturated carbocycles. The first-order valence-corrected chi connectivity index (χ1v) is 9.84. The van der Waals surface area contributed by atoms with Gasteiger partial charge in [-0.25, -0.2) is 0 Å². The van der Waals surface area contributed by atoms with Gasteiger partial charge in [-0.1, -0.05) is 30.3 Å². The molecule has 7 heteroatoms. The maximum atomic E-state index is 13.1. The van der Waals surface area contributed by atoms with Gasteiger partial charge in [-0.05, 0) is 36.2 Å². The van der Waals surface area contributed by atoms with E-state index in [0.29, 0.717) is 29.6 Å². The van der Waals surface area contributed by atoms with E-state index >= 15 is 0 Å². The minimum absolute atomic E-state index is 0.0368. The molecule has 1 unspecified atom stereocenters. The SMILES string of the molecule is Cc1cc(NC(=O)c2ccco2)sc1C(=O)N1CCOC(c2ccccc2)C1. The number of carbonyl (C=O) groups excluding carboxylic acids is 2. The van der Waals surface area contributed by atoms with Crippen LogP contribution < -0.4 is 5.32 Å². The molecule has 1 aromatic carbocycles. The molecule has 2 amide bonds. The Morgan fingerprint density at radius 1 is 1.18 bits per heavy atom. The molecule has 1 atom stereocenters. The lowest BCUT2D eigenvalue weighted by Crippen LogP contribution is -2.42. The normalized spacial score (nSPS) is 16.8. The Labute approximate surface area is 166 Å². The number of carbonyl (C=O) groups is 2. The van der Waals surface area contributed by atoms with Crippen LogP contribution in [0.25, 0.3) is 0 Å². The highest BCUT2D eigenvalue weighted by Gasteiger charge is 2.28. The van der Waals surface area contributed by atoms with Gasteiger partial charge in [0.2, 0.25) is 0 Å². The standard InChI is InChI=1S/C21H20N2O4S/c1-14-12-18(22-20(24)16-8-5-10-26-16)28-19(14)21(25)23-9-11-27-17(13-23)15-6-3-2-4-7-15/h2-8,10,12,17H,9,11,13H2,1H3,(H,22,24). The Morgan fingerprint density at radius 3 is 2.75 bits per heavy atom. The van der Waals surface area contributed by atoms with E-state index in [1.807, 2.05) is 48.2 Å². The third-order valence-electron chi connectivity index (χ3n) is 4.62. The van der Waals surface area contributed by atoms with Gasteiger partial charge in [-0.15, -0.1) is 11.3 Å². The van der Waals surface area contributed by atoms with Crippen molar-refractivity contribution in [2.45, 2.75) is 13.0 Å². The Kier molecular flexibility index (Phi) is 5.27. The molecule has 0 aliphatic carbocycles. The van der Waals surface area contributed by atoms with E-state index in [1.165, 1.54) is 17.6 Å². The minimum atomic E-state index is -0.333. The van der Waals surface area contributed by atoms with Crippen LogP contribution in [0.3, 0.4) is 0 Å². The molecule has 4 rings (SSSR count). The quantitative estimate of drug-likeness (QED) is 0.720. The molecule has 1 aliphatic rings. The Morgan fingerprint density at radius 2 is 2.00 bits per heavy atom. The first-order chi connectivity index (χ1) is 13.6. The van der Waals surface area contributed by atoms with Gasteiger partial charge in [0.1, 0.15) is 6.10 Å². The Balaban J connectivity index is 1.47. The van der Waals surface area contributed by atoms with E-state index in [2.05, 4.69) is 5.32 Å². The number of nitrogens with zero attached hydrogens (tertiary/aromatic N) is 1. The van der Waals surface area contributed by atoms with Crippen LogP contribution >= 0.6 is 11.3 Å². The fraction of sp³-hybridized carbons (Fsp3) is 0.238. The number of thiophene rings is 1. The van der Waals surface area contributed by atoms with Crippen LogP contribution in [0, 0.1) is 6.92 Å². The minimum Gasteiger partial charge on any atom is -0.459 e. The topological polar surface area (TPSA) is 71.8 Å². The number of hydrogen-bond donors (Lipinski definition) is 1. The van der Waals surface area contributed by atoms with Gasteiger partial charge in [0.05, 0.1) is 29.3 Å². The average Bonchev–Trinajstić information content (AvgIpc) is 3.38. The van der Waals surface area contributed by atoms with Crippen LogP contribution in [0.5, 0.6) is 0 Å². The highest BCUT2D eigenvalue weighted by atomic mass is 32.1. The second-order valence-corrected chi connectivity index (χ2v) is 7.63. The van der Waals surface area contributed by atoms with Crippen molar-refractivity contribution in [3.05, 3.63) is 76.6 Å². The average molecular weight is 396 g/mol. The van der Waals surface area contributed by atoms with Crippen LogP contribution in [0.2, 0.25) is 0 Å². The molecule has 0 bridgehead atoms. The van der Waals surface area contributed by atoms with Gasteiger partial charge < -0.3 is 19.4 Å². The summed E-state index contributed by atoms with van der Waals surface area (Å²) in [5, 5.41) is 3.41. The van der Waals surface area contributed by atoms with Crippen molar-refractivity contribution < 1.29 is 18.7 Å². The van der Waals surface area contributed by atoms with Crippen molar-refractivity contribution >= 4 is 28.2 Å². The van der Waals surface area contributed by atoms with E-state index in [4.69, 9.17) is 9.15 Å². The van der Waals surface area contributed by atoms with Gasteiger partial charge in [0.25, 0.3) is 11.8 Å². The number of rotatable bonds is 4. The molecule has 0 radical (unpaired) electrons. The molecule has 2 aromatic heterocycles. The van der Waals surface area contributed by atoms with Crippen LogP contribution in [-0.4, -0.2) is 36.4 Å². The lowest BCUT2D eigenvalue weighted by Gasteiger charge is -2.33. The summed E-state index contributed by atoms with van der Waals surface area (Å²) in [5.41, 5.74) is 1.90. The summed E-state index contributed by atoms with van der Waals surface area (Å²) < 4.78 is 11.0. The molecule has 28 heavy (non-hydrogen) atoms. The molecular formula is C21H20N2O4S. The summed E-state index contributed by atoms with van der Waals surface area (Å²) in [7, 11) is 0. The molecule has 1 fully saturated rings. The zero-order valence-electron chi connectivity index (χ0n) is 15.4. The molecule has 3 aromatic rings. The number of morpholine rings is 1. The number of benzene rings is 1. The number of anilines is 1. The highest BCUT2D eigenvalue weighted by molar-refractivity contribution is 7.18. The molecule has 6 nitrogen and oxygen atoms in total. The molecule has 144 valence electrons. The summed E-state index contributed by atoms with van der Waals surface area (Å²) in [6.07, 6.45) is 1.32. The van der Waals surface area contributed by atoms with Crippen molar-refractivity contribution in [2.75, 3.05) is 25.0 Å². The summed E-state index contributed by atoms with van der Waals surface area (Å²) in [6.45, 7) is 3.43. The Bertz CT molecular complexity index is 966. The number of ether oxygens (including phenoxy) is 1. The molecule has 1 N–H and O–H groups in total. The van der Waals surface area contributed by atoms with Gasteiger partial charge in [0.15, 0.2) is 5.76 Å². The van der Waals surface area contributed by atoms with Crippen molar-refractivity contribution in [1.29, 1.82) is 0 Å². The van der Waals surface area contributed by atoms with Crippen molar-refractivity contribution in [2.24, 2.45) is 0 Å². The number of nitrogens with one attached hydrogen (secondary N) is 1. The number of aryl methyl sites for hydroxylation is 1. The lowest BCUT2D eigenvalue weighted by molar-refractivity contribution is -0.0226. The molecule has 3 heterocycles. The Hall–Kier alpha value is -2.90. The first kappa shape index (κ1) is 18.5. The maximum Gasteiger partial charge on any atom is 0.291 e. The highest BCUT2D eigenvalue weighted by Crippen LogP contribution is 2.30. The predicted octanol–water partition coefficient (Wildman–Crippen LogP) is 4.12. The summed E-state index contributed by atoms with van der Waals surface area (Å²) in [4.78, 5) is 27.7. The lowest BCUT2D eigenvalue weighted by atomic mass is 10.1. The monoisotopic (exact) mass is 396 g/mol. The summed E-state index contributed by atoms with van der Waals surface area (Å²) in [5.74, 6) is -0.135. The van der Waals surface area contributed by atoms with E-state index in [-0.39, 0.29) is 23.7 Å². The van der Waals surface area contributed by atoms with E-state index in [9.17, 15) is 9.59 Å². The number of amides is 2. The zero-order valence-corrected chi connectivity index (χ0v) is 16.2. The fourth-order valence-corrected chi connectivity index (χ4v) is 4.22. The van der Waals surface area contributed by atoms with E-state index in [0.717, 1.165) is 11.1 Å². The van der Waals surface area contributed by atoms with Gasteiger partial charge in [-0.2, -0.15) is 0 Å². The molecular weight excluding hydrogens is 376 g/mol. The van der Waals surface area contributed by atoms with Crippen LogP contribution in [-0.2, 0) is 4.74 Å². The fourth-order valence-electron chi connectivity index (χ4n) is 3.18. The maximum absolute atomic E-state index is 13.1. The second kappa shape index (κ2) is 8.00. The van der Waals surface area contributed by atoms with Crippen LogP contribution in [0.1, 0.15) is 37.5 Å². The van der Waals surface area contributed by atoms with Crippen LogP contribution in [0.4, 0.5) is 5.00 Å². The second-order valence-electron chi connectivity index (χ2n) is 6.58. The van der Waals surface area contributed by atoms with Gasteiger partial charge >= 0.3 is 0 Å². The molecule has 1 saturated heterocycles. The molecule has 0 spiro atoms. The van der Waals surface area contributed by atoms with Crippen LogP contribution in [0.15, 0.2) is 59.2 Å². The van der Waals surface area contributed by atoms with Crippen molar-refractivity contribution in [3.8, 4) is 0 Å². The third kappa shape index (κ3) is 3.85. The summed E-state index contributed by atoms with van der Waals surface area (Å²) >= 11 is 1.28. The van der Waals surface area contributed by atoms with Crippen molar-refractivity contribution in [1.82, 2.24) is 4.90 Å². The van der Waals surface area contributed by atoms with Crippen molar-refractivity contribution in [3.63, 3.8) is 0 Å². The van der Waals surface area contributed by atoms with E-state index in [1.54, 1.807) is 12.1 Å². The third-order valence-corrected chi connectivity index (χ3v) is 5.76. The summed E-state index contributed by atoms with van der Waals surface area (Å²) in [6, 6.07) is 15.0. The number of furan rings is 1. The molecule has 1 aliphatic heterocycles. The first-order valence-electron chi connectivity index (χ1n) is 9.03. The van der Waals surface area contributed by atoms with E-state index < -0.39 is 0 Å². The largest absolute Gasteiger partial charge is 0.459 e. The predicted molar refractivity (Wildman–Crippen MR) is 107 cm³/mol.